The Kier molecular flexibility index (Phi) is 4.37. The monoisotopic (exact) mass is 269 g/mol. The third-order valence-corrected chi connectivity index (χ3v) is 5.33. The van der Waals surface area contributed by atoms with E-state index in [-0.39, 0.29) is 12.6 Å². The largest absolute Gasteiger partial charge is 0.396 e. The summed E-state index contributed by atoms with van der Waals surface area (Å²) < 4.78 is 26.5. The van der Waals surface area contributed by atoms with Crippen molar-refractivity contribution in [3.05, 3.63) is 30.3 Å². The SMILES string of the molecule is O=S(=O)(c1ccccc1)N1CCCC1CCCO. The minimum Gasteiger partial charge on any atom is -0.396 e. The molecule has 1 aromatic carbocycles. The lowest BCUT2D eigenvalue weighted by Crippen LogP contribution is -2.35. The Hall–Kier alpha value is -0.910. The Labute approximate surface area is 108 Å². The molecule has 1 saturated heterocycles. The van der Waals surface area contributed by atoms with Gasteiger partial charge in [0.1, 0.15) is 0 Å². The summed E-state index contributed by atoms with van der Waals surface area (Å²) in [5, 5.41) is 8.86. The average molecular weight is 269 g/mol. The van der Waals surface area contributed by atoms with Crippen LogP contribution in [0.3, 0.4) is 0 Å². The molecule has 1 heterocycles. The lowest BCUT2D eigenvalue weighted by molar-refractivity contribution is 0.264. The van der Waals surface area contributed by atoms with Crippen LogP contribution >= 0.6 is 0 Å². The van der Waals surface area contributed by atoms with Crippen molar-refractivity contribution >= 4 is 10.0 Å². The van der Waals surface area contributed by atoms with Gasteiger partial charge in [0.2, 0.25) is 10.0 Å². The van der Waals surface area contributed by atoms with Gasteiger partial charge >= 0.3 is 0 Å². The van der Waals surface area contributed by atoms with E-state index in [2.05, 4.69) is 0 Å². The second-order valence-corrected chi connectivity index (χ2v) is 6.48. The number of hydrogen-bond acceptors (Lipinski definition) is 3. The maximum absolute atomic E-state index is 12.5. The molecule has 1 aliphatic heterocycles. The van der Waals surface area contributed by atoms with E-state index in [0.717, 1.165) is 19.3 Å². The molecule has 1 atom stereocenters. The molecule has 0 amide bonds. The number of aliphatic hydroxyl groups is 1. The Morgan fingerprint density at radius 1 is 1.28 bits per heavy atom. The van der Waals surface area contributed by atoms with Crippen LogP contribution in [0.2, 0.25) is 0 Å². The van der Waals surface area contributed by atoms with Crippen LogP contribution in [-0.4, -0.2) is 37.0 Å². The summed E-state index contributed by atoms with van der Waals surface area (Å²) in [5.74, 6) is 0. The summed E-state index contributed by atoms with van der Waals surface area (Å²) in [5.41, 5.74) is 0. The Morgan fingerprint density at radius 2 is 2.00 bits per heavy atom. The second-order valence-electron chi connectivity index (χ2n) is 4.59. The summed E-state index contributed by atoms with van der Waals surface area (Å²) in [6.45, 7) is 0.711. The zero-order chi connectivity index (χ0) is 13.0. The van der Waals surface area contributed by atoms with Gasteiger partial charge in [0, 0.05) is 19.2 Å². The van der Waals surface area contributed by atoms with Gasteiger partial charge in [0.05, 0.1) is 4.90 Å². The normalized spacial score (nSPS) is 21.3. The van der Waals surface area contributed by atoms with Crippen LogP contribution < -0.4 is 0 Å². The first-order valence-corrected chi connectivity index (χ1v) is 7.78. The van der Waals surface area contributed by atoms with Crippen LogP contribution in [0.25, 0.3) is 0 Å². The molecule has 0 aliphatic carbocycles. The summed E-state index contributed by atoms with van der Waals surface area (Å²) in [6, 6.07) is 8.61. The van der Waals surface area contributed by atoms with Gasteiger partial charge in [0.25, 0.3) is 0 Å². The number of hydrogen-bond donors (Lipinski definition) is 1. The smallest absolute Gasteiger partial charge is 0.243 e. The van der Waals surface area contributed by atoms with Gasteiger partial charge in [-0.15, -0.1) is 0 Å². The summed E-state index contributed by atoms with van der Waals surface area (Å²) in [6.07, 6.45) is 3.20. The Bertz CT molecular complexity index is 472. The molecule has 5 heteroatoms. The molecule has 2 rings (SSSR count). The highest BCUT2D eigenvalue weighted by Gasteiger charge is 2.34. The van der Waals surface area contributed by atoms with Crippen molar-refractivity contribution in [3.63, 3.8) is 0 Å². The molecular weight excluding hydrogens is 250 g/mol. The highest BCUT2D eigenvalue weighted by Crippen LogP contribution is 2.28. The third kappa shape index (κ3) is 2.74. The number of aliphatic hydroxyl groups excluding tert-OH is 1. The van der Waals surface area contributed by atoms with E-state index in [9.17, 15) is 8.42 Å². The predicted octanol–water partition coefficient (Wildman–Crippen LogP) is 1.61. The lowest BCUT2D eigenvalue weighted by atomic mass is 10.1. The fourth-order valence-electron chi connectivity index (χ4n) is 2.47. The molecule has 4 nitrogen and oxygen atoms in total. The van der Waals surface area contributed by atoms with E-state index in [1.165, 1.54) is 0 Å². The van der Waals surface area contributed by atoms with Crippen LogP contribution in [0.1, 0.15) is 25.7 Å². The van der Waals surface area contributed by atoms with Crippen molar-refractivity contribution in [1.29, 1.82) is 0 Å². The van der Waals surface area contributed by atoms with Crippen molar-refractivity contribution < 1.29 is 13.5 Å². The average Bonchev–Trinajstić information content (AvgIpc) is 2.86. The van der Waals surface area contributed by atoms with Crippen molar-refractivity contribution in [2.24, 2.45) is 0 Å². The first kappa shape index (κ1) is 13.5. The van der Waals surface area contributed by atoms with Gasteiger partial charge in [0.15, 0.2) is 0 Å². The standard InChI is InChI=1S/C13H19NO3S/c15-11-5-7-12-6-4-10-14(12)18(16,17)13-8-2-1-3-9-13/h1-3,8-9,12,15H,4-7,10-11H2. The molecule has 0 radical (unpaired) electrons. The zero-order valence-electron chi connectivity index (χ0n) is 10.3. The number of sulfonamides is 1. The van der Waals surface area contributed by atoms with Crippen molar-refractivity contribution in [2.75, 3.05) is 13.2 Å². The van der Waals surface area contributed by atoms with Gasteiger partial charge in [-0.2, -0.15) is 4.31 Å². The van der Waals surface area contributed by atoms with E-state index < -0.39 is 10.0 Å². The number of rotatable bonds is 5. The van der Waals surface area contributed by atoms with E-state index in [1.807, 2.05) is 6.07 Å². The molecule has 1 fully saturated rings. The lowest BCUT2D eigenvalue weighted by Gasteiger charge is -2.23. The van der Waals surface area contributed by atoms with Crippen molar-refractivity contribution in [3.8, 4) is 0 Å². The fraction of sp³-hybridized carbons (Fsp3) is 0.538. The highest BCUT2D eigenvalue weighted by atomic mass is 32.2. The molecule has 1 aromatic rings. The van der Waals surface area contributed by atoms with Crippen LogP contribution in [0.4, 0.5) is 0 Å². The predicted molar refractivity (Wildman–Crippen MR) is 69.7 cm³/mol. The van der Waals surface area contributed by atoms with Crippen molar-refractivity contribution in [2.45, 2.75) is 36.6 Å². The fourth-order valence-corrected chi connectivity index (χ4v) is 4.21. The molecule has 0 spiro atoms. The topological polar surface area (TPSA) is 57.6 Å². The van der Waals surface area contributed by atoms with Crippen LogP contribution in [0.5, 0.6) is 0 Å². The molecule has 0 aromatic heterocycles. The van der Waals surface area contributed by atoms with E-state index in [4.69, 9.17) is 5.11 Å². The second kappa shape index (κ2) is 5.82. The highest BCUT2D eigenvalue weighted by molar-refractivity contribution is 7.89. The van der Waals surface area contributed by atoms with Gasteiger partial charge in [-0.25, -0.2) is 8.42 Å². The molecule has 18 heavy (non-hydrogen) atoms. The van der Waals surface area contributed by atoms with E-state index >= 15 is 0 Å². The van der Waals surface area contributed by atoms with Crippen LogP contribution in [-0.2, 0) is 10.0 Å². The molecule has 100 valence electrons. The summed E-state index contributed by atoms with van der Waals surface area (Å²) in [4.78, 5) is 0.362. The minimum atomic E-state index is -3.37. The maximum Gasteiger partial charge on any atom is 0.243 e. The first-order valence-electron chi connectivity index (χ1n) is 6.34. The molecular formula is C13H19NO3S. The zero-order valence-corrected chi connectivity index (χ0v) is 11.1. The summed E-state index contributed by atoms with van der Waals surface area (Å²) in [7, 11) is -3.37. The van der Waals surface area contributed by atoms with Gasteiger partial charge < -0.3 is 5.11 Å². The Balaban J connectivity index is 2.19. The molecule has 1 aliphatic rings. The Morgan fingerprint density at radius 3 is 2.67 bits per heavy atom. The molecule has 0 bridgehead atoms. The summed E-state index contributed by atoms with van der Waals surface area (Å²) >= 11 is 0. The quantitative estimate of drug-likeness (QED) is 0.883. The van der Waals surface area contributed by atoms with Crippen LogP contribution in [0.15, 0.2) is 35.2 Å². The molecule has 0 saturated carbocycles. The van der Waals surface area contributed by atoms with Gasteiger partial charge in [-0.1, -0.05) is 18.2 Å². The van der Waals surface area contributed by atoms with Gasteiger partial charge in [-0.3, -0.25) is 0 Å². The first-order chi connectivity index (χ1) is 8.66. The van der Waals surface area contributed by atoms with E-state index in [1.54, 1.807) is 28.6 Å². The number of benzene rings is 1. The molecule has 1 N–H and O–H groups in total. The van der Waals surface area contributed by atoms with Gasteiger partial charge in [-0.05, 0) is 37.8 Å². The van der Waals surface area contributed by atoms with Crippen molar-refractivity contribution in [1.82, 2.24) is 4.31 Å². The van der Waals surface area contributed by atoms with Crippen LogP contribution in [0, 0.1) is 0 Å². The van der Waals surface area contributed by atoms with E-state index in [0.29, 0.717) is 17.9 Å². The minimum absolute atomic E-state index is 0.0438. The maximum atomic E-state index is 12.5. The molecule has 1 unspecified atom stereocenters. The third-order valence-electron chi connectivity index (χ3n) is 3.37. The number of nitrogens with zero attached hydrogens (tertiary/aromatic N) is 1.